The number of nitrogens with two attached hydrogens (primary N) is 1. The molecule has 0 aliphatic rings. The third kappa shape index (κ3) is 4.86. The van der Waals surface area contributed by atoms with Crippen LogP contribution in [-0.4, -0.2) is 13.5 Å². The molecule has 0 aliphatic heterocycles. The van der Waals surface area contributed by atoms with Crippen LogP contribution in [-0.2, 0) is 28.9 Å². The van der Waals surface area contributed by atoms with E-state index in [0.717, 1.165) is 11.1 Å². The number of hydrogen-bond donors (Lipinski definition) is 3. The molecule has 4 N–H and O–H groups in total. The molecule has 0 bridgehead atoms. The summed E-state index contributed by atoms with van der Waals surface area (Å²) < 4.78 is 26.6. The van der Waals surface area contributed by atoms with Gasteiger partial charge in [0.05, 0.1) is 12.4 Å². The molecule has 0 saturated carbocycles. The van der Waals surface area contributed by atoms with Crippen LogP contribution in [0.4, 0.5) is 5.69 Å². The average molecular weight is 306 g/mol. The van der Waals surface area contributed by atoms with E-state index in [4.69, 9.17) is 10.8 Å². The molecular formula is C15H18N2O3S. The van der Waals surface area contributed by atoms with Gasteiger partial charge in [-0.2, -0.15) is 0 Å². The number of sulfonamides is 1. The fraction of sp³-hybridized carbons (Fsp3) is 0.200. The quantitative estimate of drug-likeness (QED) is 0.703. The van der Waals surface area contributed by atoms with Crippen molar-refractivity contribution in [3.63, 3.8) is 0 Å². The Morgan fingerprint density at radius 2 is 1.67 bits per heavy atom. The van der Waals surface area contributed by atoms with Gasteiger partial charge < -0.3 is 10.8 Å². The Bertz CT molecular complexity index is 714. The van der Waals surface area contributed by atoms with Crippen LogP contribution in [0.25, 0.3) is 0 Å². The van der Waals surface area contributed by atoms with Gasteiger partial charge in [-0.05, 0) is 28.8 Å². The largest absolute Gasteiger partial charge is 0.399 e. The van der Waals surface area contributed by atoms with E-state index in [0.29, 0.717) is 11.3 Å². The maximum Gasteiger partial charge on any atom is 0.216 e. The zero-order valence-corrected chi connectivity index (χ0v) is 12.3. The van der Waals surface area contributed by atoms with Crippen molar-refractivity contribution in [2.24, 2.45) is 0 Å². The molecule has 0 radical (unpaired) electrons. The first-order valence-electron chi connectivity index (χ1n) is 6.49. The summed E-state index contributed by atoms with van der Waals surface area (Å²) in [6.07, 6.45) is 0. The minimum absolute atomic E-state index is 0.0656. The van der Waals surface area contributed by atoms with Gasteiger partial charge in [-0.3, -0.25) is 0 Å². The number of nitrogen functional groups attached to an aromatic ring is 1. The highest BCUT2D eigenvalue weighted by atomic mass is 32.2. The maximum atomic E-state index is 12.0. The molecule has 0 aliphatic carbocycles. The van der Waals surface area contributed by atoms with Gasteiger partial charge in [-0.25, -0.2) is 13.1 Å². The Morgan fingerprint density at radius 3 is 2.38 bits per heavy atom. The molecule has 0 amide bonds. The van der Waals surface area contributed by atoms with E-state index in [9.17, 15) is 8.42 Å². The zero-order valence-electron chi connectivity index (χ0n) is 11.5. The van der Waals surface area contributed by atoms with Crippen LogP contribution in [0.1, 0.15) is 16.7 Å². The van der Waals surface area contributed by atoms with Gasteiger partial charge in [-0.15, -0.1) is 0 Å². The molecule has 2 aromatic carbocycles. The summed E-state index contributed by atoms with van der Waals surface area (Å²) in [6.45, 7) is 0.127. The van der Waals surface area contributed by atoms with E-state index < -0.39 is 10.0 Å². The molecule has 0 aromatic heterocycles. The van der Waals surface area contributed by atoms with Gasteiger partial charge in [0.2, 0.25) is 10.0 Å². The van der Waals surface area contributed by atoms with E-state index in [1.54, 1.807) is 42.5 Å². The molecule has 0 heterocycles. The van der Waals surface area contributed by atoms with Crippen molar-refractivity contribution in [2.45, 2.75) is 18.9 Å². The minimum atomic E-state index is -3.44. The highest BCUT2D eigenvalue weighted by molar-refractivity contribution is 7.88. The smallest absolute Gasteiger partial charge is 0.216 e. The topological polar surface area (TPSA) is 92.4 Å². The van der Waals surface area contributed by atoms with E-state index in [-0.39, 0.29) is 18.9 Å². The fourth-order valence-corrected chi connectivity index (χ4v) is 3.09. The SMILES string of the molecule is Nc1cccc(CS(=O)(=O)NCc2cccc(CO)c2)c1. The van der Waals surface area contributed by atoms with Crippen LogP contribution in [0, 0.1) is 0 Å². The molecule has 0 spiro atoms. The molecule has 0 saturated heterocycles. The maximum absolute atomic E-state index is 12.0. The summed E-state index contributed by atoms with van der Waals surface area (Å²) in [5, 5.41) is 9.06. The minimum Gasteiger partial charge on any atom is -0.399 e. The second kappa shape index (κ2) is 6.71. The average Bonchev–Trinajstić information content (AvgIpc) is 2.45. The van der Waals surface area contributed by atoms with Crippen LogP contribution in [0.2, 0.25) is 0 Å². The summed E-state index contributed by atoms with van der Waals surface area (Å²) >= 11 is 0. The van der Waals surface area contributed by atoms with Gasteiger partial charge in [0.1, 0.15) is 0 Å². The van der Waals surface area contributed by atoms with E-state index in [1.165, 1.54) is 0 Å². The van der Waals surface area contributed by atoms with Crippen molar-refractivity contribution in [3.8, 4) is 0 Å². The lowest BCUT2D eigenvalue weighted by atomic mass is 10.1. The van der Waals surface area contributed by atoms with Crippen molar-refractivity contribution in [1.29, 1.82) is 0 Å². The van der Waals surface area contributed by atoms with Crippen molar-refractivity contribution in [3.05, 3.63) is 65.2 Å². The number of rotatable bonds is 6. The number of hydrogen-bond acceptors (Lipinski definition) is 4. The van der Waals surface area contributed by atoms with Crippen molar-refractivity contribution >= 4 is 15.7 Å². The third-order valence-electron chi connectivity index (χ3n) is 2.98. The van der Waals surface area contributed by atoms with Crippen molar-refractivity contribution in [1.82, 2.24) is 4.72 Å². The number of benzene rings is 2. The molecule has 2 rings (SSSR count). The first-order chi connectivity index (χ1) is 9.98. The summed E-state index contributed by atoms with van der Waals surface area (Å²) in [5.74, 6) is -0.113. The molecule has 0 fully saturated rings. The first kappa shape index (κ1) is 15.5. The highest BCUT2D eigenvalue weighted by Crippen LogP contribution is 2.11. The molecule has 112 valence electrons. The van der Waals surface area contributed by atoms with Gasteiger partial charge >= 0.3 is 0 Å². The Hall–Kier alpha value is -1.89. The molecule has 6 heteroatoms. The van der Waals surface area contributed by atoms with Gasteiger partial charge in [0.25, 0.3) is 0 Å². The molecule has 5 nitrogen and oxygen atoms in total. The number of anilines is 1. The van der Waals surface area contributed by atoms with Gasteiger partial charge in [0.15, 0.2) is 0 Å². The van der Waals surface area contributed by atoms with Crippen LogP contribution >= 0.6 is 0 Å². The lowest BCUT2D eigenvalue weighted by Crippen LogP contribution is -2.24. The zero-order chi connectivity index (χ0) is 15.3. The molecule has 2 aromatic rings. The van der Waals surface area contributed by atoms with Crippen molar-refractivity contribution < 1.29 is 13.5 Å². The second-order valence-electron chi connectivity index (χ2n) is 4.80. The van der Waals surface area contributed by atoms with Crippen LogP contribution in [0.5, 0.6) is 0 Å². The fourth-order valence-electron chi connectivity index (χ4n) is 1.98. The Balaban J connectivity index is 2.01. The van der Waals surface area contributed by atoms with E-state index in [2.05, 4.69) is 4.72 Å². The molecule has 21 heavy (non-hydrogen) atoms. The predicted molar refractivity (Wildman–Crippen MR) is 82.7 cm³/mol. The lowest BCUT2D eigenvalue weighted by molar-refractivity contribution is 0.281. The Kier molecular flexibility index (Phi) is 4.95. The van der Waals surface area contributed by atoms with Crippen LogP contribution in [0.3, 0.4) is 0 Å². The highest BCUT2D eigenvalue weighted by Gasteiger charge is 2.11. The molecular weight excluding hydrogens is 288 g/mol. The monoisotopic (exact) mass is 306 g/mol. The molecule has 0 unspecified atom stereocenters. The van der Waals surface area contributed by atoms with Crippen LogP contribution < -0.4 is 10.5 Å². The lowest BCUT2D eigenvalue weighted by Gasteiger charge is -2.08. The normalized spacial score (nSPS) is 11.5. The summed E-state index contributed by atoms with van der Waals surface area (Å²) in [6, 6.07) is 13.9. The number of nitrogens with one attached hydrogen (secondary N) is 1. The first-order valence-corrected chi connectivity index (χ1v) is 8.14. The summed E-state index contributed by atoms with van der Waals surface area (Å²) in [7, 11) is -3.44. The number of aliphatic hydroxyl groups is 1. The van der Waals surface area contributed by atoms with Gasteiger partial charge in [-0.1, -0.05) is 36.4 Å². The summed E-state index contributed by atoms with van der Waals surface area (Å²) in [5.41, 5.74) is 8.38. The predicted octanol–water partition coefficient (Wildman–Crippen LogP) is 1.38. The van der Waals surface area contributed by atoms with Crippen LogP contribution in [0.15, 0.2) is 48.5 Å². The van der Waals surface area contributed by atoms with E-state index in [1.807, 2.05) is 6.07 Å². The summed E-state index contributed by atoms with van der Waals surface area (Å²) in [4.78, 5) is 0. The second-order valence-corrected chi connectivity index (χ2v) is 6.61. The number of aliphatic hydroxyl groups excluding tert-OH is 1. The van der Waals surface area contributed by atoms with E-state index >= 15 is 0 Å². The third-order valence-corrected chi connectivity index (χ3v) is 4.28. The Morgan fingerprint density at radius 1 is 1.00 bits per heavy atom. The standard InChI is InChI=1S/C15H18N2O3S/c16-15-6-2-5-14(8-15)11-21(19,20)17-9-12-3-1-4-13(7-12)10-18/h1-8,17-18H,9-11,16H2. The molecule has 0 atom stereocenters. The Labute approximate surface area is 124 Å². The van der Waals surface area contributed by atoms with Gasteiger partial charge in [0, 0.05) is 12.2 Å². The van der Waals surface area contributed by atoms with Crippen molar-refractivity contribution in [2.75, 3.05) is 5.73 Å².